The molecule has 0 spiro atoms. The Hall–Kier alpha value is -0.420. The van der Waals surface area contributed by atoms with Gasteiger partial charge in [0.25, 0.3) is 0 Å². The molecule has 3 nitrogen and oxygen atoms in total. The van der Waals surface area contributed by atoms with E-state index in [1.807, 2.05) is 0 Å². The van der Waals surface area contributed by atoms with Crippen LogP contribution in [0.1, 0.15) is 12.0 Å². The fraction of sp³-hybridized carbons (Fsp3) is 0.571. The molecule has 0 aromatic heterocycles. The average molecular weight is 312 g/mol. The summed E-state index contributed by atoms with van der Waals surface area (Å²) in [5.41, 5.74) is 6.99. The number of benzene rings is 1. The fourth-order valence-electron chi connectivity index (χ4n) is 2.60. The Morgan fingerprint density at radius 2 is 2.33 bits per heavy atom. The quantitative estimate of drug-likeness (QED) is 0.901. The zero-order chi connectivity index (χ0) is 13.0. The molecule has 1 aliphatic heterocycles. The van der Waals surface area contributed by atoms with Crippen LogP contribution in [0.15, 0.2) is 28.7 Å². The third kappa shape index (κ3) is 3.79. The zero-order valence-corrected chi connectivity index (χ0v) is 12.6. The average Bonchev–Trinajstić information content (AvgIpc) is 2.78. The molecule has 4 heteroatoms. The number of halogens is 1. The Kier molecular flexibility index (Phi) is 5.18. The molecule has 2 N–H and O–H groups in total. The van der Waals surface area contributed by atoms with Crippen molar-refractivity contribution in [2.45, 2.75) is 19.0 Å². The van der Waals surface area contributed by atoms with Gasteiger partial charge in [-0.1, -0.05) is 28.1 Å². The largest absolute Gasteiger partial charge is 0.329 e. The van der Waals surface area contributed by atoms with E-state index in [9.17, 15) is 0 Å². The molecule has 0 radical (unpaired) electrons. The van der Waals surface area contributed by atoms with Gasteiger partial charge in [0, 0.05) is 43.2 Å². The summed E-state index contributed by atoms with van der Waals surface area (Å²) in [6, 6.07) is 9.25. The molecule has 1 unspecified atom stereocenters. The van der Waals surface area contributed by atoms with Crippen LogP contribution in [0.2, 0.25) is 0 Å². The van der Waals surface area contributed by atoms with Gasteiger partial charge in [0.05, 0.1) is 0 Å². The molecule has 100 valence electrons. The highest BCUT2D eigenvalue weighted by atomic mass is 79.9. The molecule has 1 heterocycles. The molecule has 0 aliphatic carbocycles. The van der Waals surface area contributed by atoms with Crippen LogP contribution in [0.5, 0.6) is 0 Å². The minimum absolute atomic E-state index is 0.667. The van der Waals surface area contributed by atoms with E-state index < -0.39 is 0 Å². The molecule has 1 saturated heterocycles. The molecule has 0 saturated carbocycles. The highest BCUT2D eigenvalue weighted by Gasteiger charge is 2.25. The lowest BCUT2D eigenvalue weighted by atomic mass is 10.2. The van der Waals surface area contributed by atoms with Crippen molar-refractivity contribution in [3.63, 3.8) is 0 Å². The van der Waals surface area contributed by atoms with Crippen LogP contribution in [0.25, 0.3) is 0 Å². The van der Waals surface area contributed by atoms with Crippen molar-refractivity contribution in [2.24, 2.45) is 5.73 Å². The Morgan fingerprint density at radius 1 is 1.50 bits per heavy atom. The van der Waals surface area contributed by atoms with Crippen molar-refractivity contribution in [2.75, 3.05) is 33.2 Å². The fourth-order valence-corrected chi connectivity index (χ4v) is 3.04. The van der Waals surface area contributed by atoms with E-state index in [1.54, 1.807) is 0 Å². The first-order chi connectivity index (χ1) is 8.69. The number of hydrogen-bond donors (Lipinski definition) is 1. The summed E-state index contributed by atoms with van der Waals surface area (Å²) in [5, 5.41) is 0. The molecular formula is C14H22BrN3. The lowest BCUT2D eigenvalue weighted by Gasteiger charge is -2.24. The molecule has 1 atom stereocenters. The maximum atomic E-state index is 5.61. The van der Waals surface area contributed by atoms with Crippen LogP contribution < -0.4 is 5.73 Å². The maximum absolute atomic E-state index is 5.61. The van der Waals surface area contributed by atoms with Crippen LogP contribution in [-0.2, 0) is 6.54 Å². The van der Waals surface area contributed by atoms with E-state index in [0.29, 0.717) is 6.04 Å². The van der Waals surface area contributed by atoms with Crippen molar-refractivity contribution in [1.29, 1.82) is 0 Å². The molecule has 0 amide bonds. The maximum Gasteiger partial charge on any atom is 0.0234 e. The minimum Gasteiger partial charge on any atom is -0.329 e. The van der Waals surface area contributed by atoms with Crippen LogP contribution in [0.4, 0.5) is 0 Å². The van der Waals surface area contributed by atoms with Crippen molar-refractivity contribution in [3.8, 4) is 0 Å². The SMILES string of the molecule is CN(CCN)C1CCN(Cc2cccc(Br)c2)C1. The smallest absolute Gasteiger partial charge is 0.0234 e. The van der Waals surface area contributed by atoms with Crippen molar-refractivity contribution >= 4 is 15.9 Å². The predicted molar refractivity (Wildman–Crippen MR) is 79.5 cm³/mol. The van der Waals surface area contributed by atoms with Crippen molar-refractivity contribution in [1.82, 2.24) is 9.80 Å². The predicted octanol–water partition coefficient (Wildman–Crippen LogP) is 1.91. The molecule has 1 fully saturated rings. The number of hydrogen-bond acceptors (Lipinski definition) is 3. The summed E-state index contributed by atoms with van der Waals surface area (Å²) < 4.78 is 1.16. The summed E-state index contributed by atoms with van der Waals surface area (Å²) >= 11 is 3.53. The minimum atomic E-state index is 0.667. The summed E-state index contributed by atoms with van der Waals surface area (Å²) in [6.07, 6.45) is 1.25. The lowest BCUT2D eigenvalue weighted by molar-refractivity contribution is 0.234. The van der Waals surface area contributed by atoms with Crippen LogP contribution in [-0.4, -0.2) is 49.1 Å². The van der Waals surface area contributed by atoms with Crippen LogP contribution in [0, 0.1) is 0 Å². The number of rotatable bonds is 5. The van der Waals surface area contributed by atoms with Gasteiger partial charge in [-0.15, -0.1) is 0 Å². The Morgan fingerprint density at radius 3 is 3.06 bits per heavy atom. The Bertz CT molecular complexity index is 383. The number of nitrogens with two attached hydrogens (primary N) is 1. The summed E-state index contributed by atoms with van der Waals surface area (Å²) in [7, 11) is 2.18. The standard InChI is InChI=1S/C14H22BrN3/c1-17(8-6-16)14-5-7-18(11-14)10-12-3-2-4-13(15)9-12/h2-4,9,14H,5-8,10-11,16H2,1H3. The van der Waals surface area contributed by atoms with Crippen LogP contribution in [0.3, 0.4) is 0 Å². The van der Waals surface area contributed by atoms with Gasteiger partial charge in [-0.05, 0) is 31.2 Å². The van der Waals surface area contributed by atoms with E-state index in [-0.39, 0.29) is 0 Å². The van der Waals surface area contributed by atoms with Crippen LogP contribution >= 0.6 is 15.9 Å². The van der Waals surface area contributed by atoms with Gasteiger partial charge in [0.2, 0.25) is 0 Å². The molecule has 18 heavy (non-hydrogen) atoms. The third-order valence-electron chi connectivity index (χ3n) is 3.65. The first-order valence-corrected chi connectivity index (χ1v) is 7.35. The first-order valence-electron chi connectivity index (χ1n) is 6.56. The summed E-state index contributed by atoms with van der Waals surface area (Å²) in [4.78, 5) is 4.92. The van der Waals surface area contributed by atoms with E-state index in [0.717, 1.165) is 30.7 Å². The van der Waals surface area contributed by atoms with Gasteiger partial charge in [0.15, 0.2) is 0 Å². The molecule has 1 aromatic carbocycles. The Balaban J connectivity index is 1.86. The zero-order valence-electron chi connectivity index (χ0n) is 11.0. The number of nitrogens with zero attached hydrogens (tertiary/aromatic N) is 2. The highest BCUT2D eigenvalue weighted by molar-refractivity contribution is 9.10. The van der Waals surface area contributed by atoms with Crippen molar-refractivity contribution in [3.05, 3.63) is 34.3 Å². The van der Waals surface area contributed by atoms with Gasteiger partial charge in [0.1, 0.15) is 0 Å². The van der Waals surface area contributed by atoms with E-state index in [4.69, 9.17) is 5.73 Å². The van der Waals surface area contributed by atoms with E-state index >= 15 is 0 Å². The highest BCUT2D eigenvalue weighted by Crippen LogP contribution is 2.18. The summed E-state index contributed by atoms with van der Waals surface area (Å²) in [6.45, 7) is 5.13. The normalized spacial score (nSPS) is 20.8. The number of likely N-dealkylation sites (tertiary alicyclic amines) is 1. The van der Waals surface area contributed by atoms with Gasteiger partial charge >= 0.3 is 0 Å². The second-order valence-electron chi connectivity index (χ2n) is 5.08. The van der Waals surface area contributed by atoms with Gasteiger partial charge < -0.3 is 10.6 Å². The van der Waals surface area contributed by atoms with Gasteiger partial charge in [-0.25, -0.2) is 0 Å². The molecule has 2 rings (SSSR count). The second-order valence-corrected chi connectivity index (χ2v) is 5.99. The van der Waals surface area contributed by atoms with E-state index in [2.05, 4.69) is 57.0 Å². The monoisotopic (exact) mass is 311 g/mol. The first kappa shape index (κ1) is 14.0. The summed E-state index contributed by atoms with van der Waals surface area (Å²) in [5.74, 6) is 0. The third-order valence-corrected chi connectivity index (χ3v) is 4.14. The lowest BCUT2D eigenvalue weighted by Crippen LogP contribution is -2.37. The second kappa shape index (κ2) is 6.66. The van der Waals surface area contributed by atoms with Gasteiger partial charge in [-0.3, -0.25) is 4.90 Å². The van der Waals surface area contributed by atoms with Crippen molar-refractivity contribution < 1.29 is 0 Å². The Labute approximate surface area is 118 Å². The van der Waals surface area contributed by atoms with E-state index in [1.165, 1.54) is 18.5 Å². The molecule has 0 bridgehead atoms. The number of likely N-dealkylation sites (N-methyl/N-ethyl adjacent to an activating group) is 1. The molecule has 1 aliphatic rings. The van der Waals surface area contributed by atoms with Gasteiger partial charge in [-0.2, -0.15) is 0 Å². The molecular weight excluding hydrogens is 290 g/mol. The molecule has 1 aromatic rings. The topological polar surface area (TPSA) is 32.5 Å².